The van der Waals surface area contributed by atoms with Crippen molar-refractivity contribution >= 4 is 38.5 Å². The van der Waals surface area contributed by atoms with Crippen LogP contribution in [0.1, 0.15) is 29.6 Å². The number of methoxy groups -OCH3 is 1. The number of piperidine rings is 1. The van der Waals surface area contributed by atoms with Gasteiger partial charge in [0.05, 0.1) is 17.6 Å². The quantitative estimate of drug-likeness (QED) is 0.524. The van der Waals surface area contributed by atoms with Gasteiger partial charge in [0.25, 0.3) is 0 Å². The number of benzene rings is 3. The molecule has 0 unspecified atom stereocenters. The van der Waals surface area contributed by atoms with Crippen LogP contribution in [-0.4, -0.2) is 38.9 Å². The second kappa shape index (κ2) is 8.79. The summed E-state index contributed by atoms with van der Waals surface area (Å²) in [5, 5.41) is 2.24. The fourth-order valence-electron chi connectivity index (χ4n) is 3.64. The Morgan fingerprint density at radius 3 is 2.40 bits per heavy atom. The maximum absolute atomic E-state index is 13.0. The fraction of sp³-hybridized carbons (Fsp3) is 0.261. The Kier molecular flexibility index (Phi) is 6.13. The summed E-state index contributed by atoms with van der Waals surface area (Å²) in [6.45, 7) is 1.03. The number of hydrogen-bond acceptors (Lipinski definition) is 5. The van der Waals surface area contributed by atoms with Gasteiger partial charge in [-0.15, -0.1) is 0 Å². The number of esters is 1. The lowest BCUT2D eigenvalue weighted by Crippen LogP contribution is -2.35. The van der Waals surface area contributed by atoms with Crippen LogP contribution in [0.4, 0.5) is 0 Å². The molecule has 0 saturated carbocycles. The van der Waals surface area contributed by atoms with Gasteiger partial charge in [-0.3, -0.25) is 0 Å². The number of sulfonamides is 1. The number of rotatable bonds is 5. The summed E-state index contributed by atoms with van der Waals surface area (Å²) >= 11 is 1.42. The molecule has 7 heteroatoms. The lowest BCUT2D eigenvalue weighted by atomic mass is 10.1. The molecule has 0 N–H and O–H groups in total. The average molecular weight is 442 g/mol. The Morgan fingerprint density at radius 2 is 1.67 bits per heavy atom. The number of ether oxygens (including phenoxy) is 1. The number of hydrogen-bond donors (Lipinski definition) is 0. The monoisotopic (exact) mass is 441 g/mol. The topological polar surface area (TPSA) is 63.7 Å². The Morgan fingerprint density at radius 1 is 0.933 bits per heavy atom. The Labute approximate surface area is 181 Å². The van der Waals surface area contributed by atoms with Crippen molar-refractivity contribution in [2.45, 2.75) is 33.9 Å². The molecule has 0 bridgehead atoms. The summed E-state index contributed by atoms with van der Waals surface area (Å²) in [4.78, 5) is 14.2. The van der Waals surface area contributed by atoms with Crippen LogP contribution in [0.5, 0.6) is 0 Å². The molecule has 4 rings (SSSR count). The van der Waals surface area contributed by atoms with Crippen LogP contribution in [0.2, 0.25) is 0 Å². The van der Waals surface area contributed by atoms with Crippen LogP contribution in [0.3, 0.4) is 0 Å². The van der Waals surface area contributed by atoms with E-state index < -0.39 is 16.0 Å². The molecule has 1 aliphatic heterocycles. The molecule has 0 aromatic heterocycles. The lowest BCUT2D eigenvalue weighted by molar-refractivity contribution is 0.0596. The molecule has 0 atom stereocenters. The number of carbonyl (C=O) groups excluding carboxylic acids is 1. The van der Waals surface area contributed by atoms with Crippen LogP contribution in [0, 0.1) is 0 Å². The van der Waals surface area contributed by atoms with Gasteiger partial charge in [0.2, 0.25) is 10.0 Å². The normalized spacial score (nSPS) is 15.2. The molecule has 3 aromatic rings. The number of nitrogens with zero attached hydrogens (tertiary/aromatic N) is 1. The molecule has 1 fully saturated rings. The number of fused-ring (bicyclic) bond motifs is 1. The fourth-order valence-corrected chi connectivity index (χ4v) is 6.15. The van der Waals surface area contributed by atoms with Crippen molar-refractivity contribution < 1.29 is 17.9 Å². The number of carbonyl (C=O) groups is 1. The molecule has 1 saturated heterocycles. The SMILES string of the molecule is COC(=O)c1cc(S(=O)(=O)N2CCCCC2)ccc1Sc1ccc2ccccc2c1. The molecule has 3 aromatic carbocycles. The molecular formula is C23H23NO4S2. The van der Waals surface area contributed by atoms with Crippen molar-refractivity contribution in [2.24, 2.45) is 0 Å². The van der Waals surface area contributed by atoms with Crippen LogP contribution >= 0.6 is 11.8 Å². The van der Waals surface area contributed by atoms with Crippen molar-refractivity contribution in [1.82, 2.24) is 4.31 Å². The zero-order valence-electron chi connectivity index (χ0n) is 16.7. The van der Waals surface area contributed by atoms with Crippen molar-refractivity contribution in [3.05, 3.63) is 66.2 Å². The minimum absolute atomic E-state index is 0.132. The largest absolute Gasteiger partial charge is 0.465 e. The Bertz CT molecular complexity index is 1180. The predicted molar refractivity (Wildman–Crippen MR) is 118 cm³/mol. The molecule has 156 valence electrons. The maximum Gasteiger partial charge on any atom is 0.339 e. The van der Waals surface area contributed by atoms with E-state index in [9.17, 15) is 13.2 Å². The molecular weight excluding hydrogens is 418 g/mol. The van der Waals surface area contributed by atoms with Crippen molar-refractivity contribution in [1.29, 1.82) is 0 Å². The van der Waals surface area contributed by atoms with Crippen LogP contribution < -0.4 is 0 Å². The summed E-state index contributed by atoms with van der Waals surface area (Å²) < 4.78 is 32.5. The first-order valence-corrected chi connectivity index (χ1v) is 12.1. The first-order chi connectivity index (χ1) is 14.5. The van der Waals surface area contributed by atoms with E-state index in [1.54, 1.807) is 12.1 Å². The van der Waals surface area contributed by atoms with Crippen LogP contribution in [0.15, 0.2) is 75.4 Å². The third-order valence-corrected chi connectivity index (χ3v) is 8.22. The van der Waals surface area contributed by atoms with Gasteiger partial charge in [0.15, 0.2) is 0 Å². The summed E-state index contributed by atoms with van der Waals surface area (Å²) in [6, 6.07) is 18.9. The Hall–Kier alpha value is -2.35. The molecule has 0 aliphatic carbocycles. The highest BCUT2D eigenvalue weighted by atomic mass is 32.2. The van der Waals surface area contributed by atoms with Gasteiger partial charge in [-0.1, -0.05) is 48.5 Å². The summed E-state index contributed by atoms with van der Waals surface area (Å²) in [5.41, 5.74) is 0.258. The smallest absolute Gasteiger partial charge is 0.339 e. The molecule has 30 heavy (non-hydrogen) atoms. The summed E-state index contributed by atoms with van der Waals surface area (Å²) in [5.74, 6) is -0.547. The standard InChI is InChI=1S/C23H23NO4S2/c1-28-23(25)21-16-20(30(26,27)24-13-5-2-6-14-24)11-12-22(21)29-19-10-9-17-7-3-4-8-18(17)15-19/h3-4,7-12,15-16H,2,5-6,13-14H2,1H3. The summed E-state index contributed by atoms with van der Waals surface area (Å²) in [7, 11) is -2.32. The highest BCUT2D eigenvalue weighted by Gasteiger charge is 2.27. The maximum atomic E-state index is 13.0. The van der Waals surface area contributed by atoms with Gasteiger partial charge in [-0.25, -0.2) is 13.2 Å². The zero-order valence-corrected chi connectivity index (χ0v) is 18.3. The van der Waals surface area contributed by atoms with E-state index in [0.717, 1.165) is 34.9 Å². The second-order valence-electron chi connectivity index (χ2n) is 7.23. The van der Waals surface area contributed by atoms with E-state index >= 15 is 0 Å². The van der Waals surface area contributed by atoms with Gasteiger partial charge in [-0.2, -0.15) is 4.31 Å². The van der Waals surface area contributed by atoms with Crippen molar-refractivity contribution in [3.63, 3.8) is 0 Å². The van der Waals surface area contributed by atoms with E-state index in [4.69, 9.17) is 4.74 Å². The molecule has 1 aliphatic rings. The first kappa shape index (κ1) is 20.9. The third-order valence-electron chi connectivity index (χ3n) is 5.26. The minimum atomic E-state index is -3.63. The van der Waals surface area contributed by atoms with E-state index in [2.05, 4.69) is 6.07 Å². The highest BCUT2D eigenvalue weighted by Crippen LogP contribution is 2.34. The zero-order chi connectivity index (χ0) is 21.1. The molecule has 5 nitrogen and oxygen atoms in total. The van der Waals surface area contributed by atoms with Gasteiger partial charge in [-0.05, 0) is 53.9 Å². The minimum Gasteiger partial charge on any atom is -0.465 e. The highest BCUT2D eigenvalue weighted by molar-refractivity contribution is 7.99. The van der Waals surface area contributed by atoms with Gasteiger partial charge in [0, 0.05) is 22.9 Å². The van der Waals surface area contributed by atoms with E-state index in [1.807, 2.05) is 36.4 Å². The third kappa shape index (κ3) is 4.24. The molecule has 1 heterocycles. The predicted octanol–water partition coefficient (Wildman–Crippen LogP) is 4.95. The lowest BCUT2D eigenvalue weighted by Gasteiger charge is -2.26. The molecule has 0 amide bonds. The van der Waals surface area contributed by atoms with Crippen molar-refractivity contribution in [2.75, 3.05) is 20.2 Å². The van der Waals surface area contributed by atoms with Gasteiger partial charge < -0.3 is 4.74 Å². The van der Waals surface area contributed by atoms with Crippen LogP contribution in [0.25, 0.3) is 10.8 Å². The van der Waals surface area contributed by atoms with Crippen molar-refractivity contribution in [3.8, 4) is 0 Å². The summed E-state index contributed by atoms with van der Waals surface area (Å²) in [6.07, 6.45) is 2.76. The van der Waals surface area contributed by atoms with Gasteiger partial charge in [0.1, 0.15) is 0 Å². The van der Waals surface area contributed by atoms with E-state index in [-0.39, 0.29) is 10.5 Å². The molecule has 0 spiro atoms. The Balaban J connectivity index is 1.69. The van der Waals surface area contributed by atoms with E-state index in [0.29, 0.717) is 18.0 Å². The van der Waals surface area contributed by atoms with Gasteiger partial charge >= 0.3 is 5.97 Å². The van der Waals surface area contributed by atoms with Crippen LogP contribution in [-0.2, 0) is 14.8 Å². The average Bonchev–Trinajstić information content (AvgIpc) is 2.79. The first-order valence-electron chi connectivity index (χ1n) is 9.88. The second-order valence-corrected chi connectivity index (χ2v) is 10.3. The molecule has 0 radical (unpaired) electrons. The van der Waals surface area contributed by atoms with E-state index in [1.165, 1.54) is 29.2 Å².